The molecule has 0 heterocycles. The van der Waals surface area contributed by atoms with Gasteiger partial charge in [0.25, 0.3) is 0 Å². The van der Waals surface area contributed by atoms with Gasteiger partial charge in [0.1, 0.15) is 12.4 Å². The summed E-state index contributed by atoms with van der Waals surface area (Å²) in [4.78, 5) is 0. The van der Waals surface area contributed by atoms with Crippen LogP contribution in [-0.4, -0.2) is 7.11 Å². The lowest BCUT2D eigenvalue weighted by atomic mass is 10.2. The third-order valence-electron chi connectivity index (χ3n) is 4.13. The van der Waals surface area contributed by atoms with Crippen LogP contribution in [0.4, 0.5) is 10.1 Å². The van der Waals surface area contributed by atoms with E-state index in [0.29, 0.717) is 33.1 Å². The summed E-state index contributed by atoms with van der Waals surface area (Å²) < 4.78 is 25.1. The van der Waals surface area contributed by atoms with Crippen LogP contribution in [0.15, 0.2) is 48.5 Å². The molecule has 0 spiro atoms. The third-order valence-corrected chi connectivity index (χ3v) is 5.31. The number of anilines is 1. The van der Waals surface area contributed by atoms with E-state index in [2.05, 4.69) is 5.32 Å². The molecule has 0 aliphatic rings. The van der Waals surface area contributed by atoms with Crippen LogP contribution in [0.2, 0.25) is 20.1 Å². The van der Waals surface area contributed by atoms with Crippen LogP contribution < -0.4 is 14.8 Å². The molecule has 8 heteroatoms. The Bertz CT molecular complexity index is 1010. The van der Waals surface area contributed by atoms with E-state index >= 15 is 0 Å². The maximum atomic E-state index is 14.0. The molecule has 3 rings (SSSR count). The van der Waals surface area contributed by atoms with Gasteiger partial charge in [-0.25, -0.2) is 4.39 Å². The number of methoxy groups -OCH3 is 1. The SMILES string of the molecule is COc1cc(CNc2ccc(Cl)cc2Cl)cc(Cl)c1OCc1c(F)cccc1Cl. The molecule has 0 saturated carbocycles. The van der Waals surface area contributed by atoms with Crippen LogP contribution in [0.3, 0.4) is 0 Å². The van der Waals surface area contributed by atoms with Crippen LogP contribution in [0.1, 0.15) is 11.1 Å². The van der Waals surface area contributed by atoms with E-state index in [0.717, 1.165) is 11.3 Å². The molecule has 0 amide bonds. The van der Waals surface area contributed by atoms with E-state index in [9.17, 15) is 4.39 Å². The summed E-state index contributed by atoms with van der Waals surface area (Å²) in [5.74, 6) is 0.277. The first-order valence-corrected chi connectivity index (χ1v) is 10.0. The molecule has 1 N–H and O–H groups in total. The zero-order valence-electron chi connectivity index (χ0n) is 15.2. The van der Waals surface area contributed by atoms with E-state index in [1.807, 2.05) is 0 Å². The first-order chi connectivity index (χ1) is 13.9. The molecule has 0 aromatic heterocycles. The molecule has 0 fully saturated rings. The van der Waals surface area contributed by atoms with Gasteiger partial charge in [-0.15, -0.1) is 0 Å². The maximum absolute atomic E-state index is 14.0. The lowest BCUT2D eigenvalue weighted by Gasteiger charge is -2.16. The van der Waals surface area contributed by atoms with Crippen molar-refractivity contribution in [1.82, 2.24) is 0 Å². The van der Waals surface area contributed by atoms with E-state index in [-0.39, 0.29) is 17.2 Å². The Kier molecular flexibility index (Phi) is 7.36. The fourth-order valence-electron chi connectivity index (χ4n) is 2.66. The molecule has 0 aliphatic carbocycles. The monoisotopic (exact) mass is 473 g/mol. The smallest absolute Gasteiger partial charge is 0.180 e. The van der Waals surface area contributed by atoms with E-state index < -0.39 is 5.82 Å². The predicted molar refractivity (Wildman–Crippen MR) is 118 cm³/mol. The molecular formula is C21H16Cl4FNO2. The van der Waals surface area contributed by atoms with Crippen molar-refractivity contribution in [2.75, 3.05) is 12.4 Å². The Hall–Kier alpha value is -1.85. The lowest BCUT2D eigenvalue weighted by molar-refractivity contribution is 0.280. The number of benzene rings is 3. The highest BCUT2D eigenvalue weighted by molar-refractivity contribution is 6.36. The number of ether oxygens (including phenoxy) is 2. The van der Waals surface area contributed by atoms with Crippen LogP contribution in [0.25, 0.3) is 0 Å². The molecule has 0 saturated heterocycles. The third kappa shape index (κ3) is 5.40. The van der Waals surface area contributed by atoms with Gasteiger partial charge in [0.15, 0.2) is 11.5 Å². The van der Waals surface area contributed by atoms with Gasteiger partial charge < -0.3 is 14.8 Å². The largest absolute Gasteiger partial charge is 0.493 e. The van der Waals surface area contributed by atoms with Crippen molar-refractivity contribution in [1.29, 1.82) is 0 Å². The Morgan fingerprint density at radius 1 is 0.931 bits per heavy atom. The van der Waals surface area contributed by atoms with Gasteiger partial charge in [0.2, 0.25) is 0 Å². The molecular weight excluding hydrogens is 459 g/mol. The van der Waals surface area contributed by atoms with Gasteiger partial charge in [-0.1, -0.05) is 52.5 Å². The summed E-state index contributed by atoms with van der Waals surface area (Å²) in [5, 5.41) is 4.89. The predicted octanol–water partition coefficient (Wildman–Crippen LogP) is 7.64. The first-order valence-electron chi connectivity index (χ1n) is 8.50. The molecule has 152 valence electrons. The second kappa shape index (κ2) is 9.77. The number of nitrogens with one attached hydrogen (secondary N) is 1. The summed E-state index contributed by atoms with van der Waals surface area (Å²) >= 11 is 24.5. The quantitative estimate of drug-likeness (QED) is 0.381. The molecule has 3 nitrogen and oxygen atoms in total. The molecule has 29 heavy (non-hydrogen) atoms. The number of halogens is 5. The molecule has 0 atom stereocenters. The summed E-state index contributed by atoms with van der Waals surface area (Å²) in [5.41, 5.74) is 1.82. The highest BCUT2D eigenvalue weighted by Crippen LogP contribution is 2.38. The normalized spacial score (nSPS) is 10.7. The topological polar surface area (TPSA) is 30.5 Å². The molecule has 3 aromatic carbocycles. The van der Waals surface area contributed by atoms with Crippen molar-refractivity contribution < 1.29 is 13.9 Å². The highest BCUT2D eigenvalue weighted by atomic mass is 35.5. The lowest BCUT2D eigenvalue weighted by Crippen LogP contribution is -2.04. The van der Waals surface area contributed by atoms with Crippen LogP contribution in [-0.2, 0) is 13.2 Å². The molecule has 0 unspecified atom stereocenters. The average Bonchev–Trinajstić information content (AvgIpc) is 2.67. The van der Waals surface area contributed by atoms with Crippen molar-refractivity contribution >= 4 is 52.1 Å². The van der Waals surface area contributed by atoms with Crippen molar-refractivity contribution in [2.24, 2.45) is 0 Å². The molecule has 0 bridgehead atoms. The van der Waals surface area contributed by atoms with Crippen molar-refractivity contribution in [3.8, 4) is 11.5 Å². The van der Waals surface area contributed by atoms with Crippen molar-refractivity contribution in [2.45, 2.75) is 13.2 Å². The Labute approximate surface area is 188 Å². The van der Waals surface area contributed by atoms with Gasteiger partial charge in [-0.05, 0) is 48.0 Å². The van der Waals surface area contributed by atoms with Crippen LogP contribution in [0.5, 0.6) is 11.5 Å². The summed E-state index contributed by atoms with van der Waals surface area (Å²) in [7, 11) is 1.50. The minimum absolute atomic E-state index is 0.0838. The average molecular weight is 475 g/mol. The number of hydrogen-bond acceptors (Lipinski definition) is 3. The van der Waals surface area contributed by atoms with Crippen molar-refractivity contribution in [3.63, 3.8) is 0 Å². The maximum Gasteiger partial charge on any atom is 0.180 e. The first kappa shape index (κ1) is 21.8. The zero-order valence-corrected chi connectivity index (χ0v) is 18.3. The fraction of sp³-hybridized carbons (Fsp3) is 0.143. The van der Waals surface area contributed by atoms with Gasteiger partial charge >= 0.3 is 0 Å². The highest BCUT2D eigenvalue weighted by Gasteiger charge is 2.15. The summed E-state index contributed by atoms with van der Waals surface area (Å²) in [6.45, 7) is 0.358. The van der Waals surface area contributed by atoms with Crippen LogP contribution in [0, 0.1) is 5.82 Å². The Morgan fingerprint density at radius 2 is 1.72 bits per heavy atom. The summed E-state index contributed by atoms with van der Waals surface area (Å²) in [6.07, 6.45) is 0. The fourth-order valence-corrected chi connectivity index (χ4v) is 3.64. The standard InChI is InChI=1S/C21H16Cl4FNO2/c1-28-20-8-12(10-27-19-6-5-13(22)9-16(19)24)7-17(25)21(20)29-11-14-15(23)3-2-4-18(14)26/h2-9,27H,10-11H2,1H3. The minimum atomic E-state index is -0.451. The summed E-state index contributed by atoms with van der Waals surface area (Å²) in [6, 6.07) is 13.2. The van der Waals surface area contributed by atoms with Gasteiger partial charge in [0, 0.05) is 17.1 Å². The van der Waals surface area contributed by atoms with E-state index in [1.165, 1.54) is 19.2 Å². The van der Waals surface area contributed by atoms with Gasteiger partial charge in [-0.3, -0.25) is 0 Å². The second-order valence-corrected chi connectivity index (χ2v) is 7.73. The second-order valence-electron chi connectivity index (χ2n) is 6.08. The van der Waals surface area contributed by atoms with E-state index in [4.69, 9.17) is 55.9 Å². The number of rotatable bonds is 7. The van der Waals surface area contributed by atoms with Gasteiger partial charge in [-0.2, -0.15) is 0 Å². The minimum Gasteiger partial charge on any atom is -0.493 e. The zero-order chi connectivity index (χ0) is 21.0. The Morgan fingerprint density at radius 3 is 2.41 bits per heavy atom. The van der Waals surface area contributed by atoms with Gasteiger partial charge in [0.05, 0.1) is 27.9 Å². The Balaban J connectivity index is 1.76. The van der Waals surface area contributed by atoms with E-state index in [1.54, 1.807) is 36.4 Å². The molecule has 0 radical (unpaired) electrons. The van der Waals surface area contributed by atoms with Crippen molar-refractivity contribution in [3.05, 3.63) is 85.6 Å². The van der Waals surface area contributed by atoms with Crippen LogP contribution >= 0.6 is 46.4 Å². The number of hydrogen-bond donors (Lipinski definition) is 1. The molecule has 3 aromatic rings. The molecule has 0 aliphatic heterocycles.